The summed E-state index contributed by atoms with van der Waals surface area (Å²) in [7, 11) is 0. The normalized spacial score (nSPS) is 38.6. The molecule has 2 N–H and O–H groups in total. The first-order chi connectivity index (χ1) is 7.62. The van der Waals surface area contributed by atoms with E-state index in [4.69, 9.17) is 0 Å². The molecule has 0 heterocycles. The lowest BCUT2D eigenvalue weighted by molar-refractivity contribution is -0.159. The van der Waals surface area contributed by atoms with Gasteiger partial charge in [-0.15, -0.1) is 0 Å². The summed E-state index contributed by atoms with van der Waals surface area (Å²) in [6.07, 6.45) is 1.58. The van der Waals surface area contributed by atoms with Crippen LogP contribution in [0.2, 0.25) is 0 Å². The molecule has 2 atom stereocenters. The van der Waals surface area contributed by atoms with Crippen molar-refractivity contribution >= 4 is 5.78 Å². The van der Waals surface area contributed by atoms with Crippen LogP contribution >= 0.6 is 0 Å². The molecule has 0 aromatic carbocycles. The molecule has 3 heteroatoms. The molecule has 17 heavy (non-hydrogen) atoms. The summed E-state index contributed by atoms with van der Waals surface area (Å²) in [5, 5.41) is 20.5. The van der Waals surface area contributed by atoms with Crippen LogP contribution in [0.15, 0.2) is 0 Å². The van der Waals surface area contributed by atoms with Crippen molar-refractivity contribution in [2.45, 2.75) is 65.6 Å². The third-order valence-corrected chi connectivity index (χ3v) is 4.81. The summed E-state index contributed by atoms with van der Waals surface area (Å²) < 4.78 is 0. The Morgan fingerprint density at radius 1 is 0.941 bits per heavy atom. The van der Waals surface area contributed by atoms with Gasteiger partial charge < -0.3 is 10.2 Å². The molecule has 2 saturated carbocycles. The predicted octanol–water partition coefficient (Wildman–Crippen LogP) is 1.90. The molecular formula is C14H24O3. The summed E-state index contributed by atoms with van der Waals surface area (Å²) >= 11 is 0. The van der Waals surface area contributed by atoms with Gasteiger partial charge in [-0.05, 0) is 25.7 Å². The Hall–Kier alpha value is -0.410. The molecule has 0 aromatic rings. The Morgan fingerprint density at radius 3 is 1.65 bits per heavy atom. The third-order valence-electron chi connectivity index (χ3n) is 4.81. The number of hydrogen-bond acceptors (Lipinski definition) is 3. The highest BCUT2D eigenvalue weighted by atomic mass is 16.3. The smallest absolute Gasteiger partial charge is 0.144 e. The number of rotatable bonds is 0. The first-order valence-corrected chi connectivity index (χ1v) is 6.53. The topological polar surface area (TPSA) is 57.5 Å². The molecule has 0 bridgehead atoms. The van der Waals surface area contributed by atoms with Gasteiger partial charge in [0.2, 0.25) is 0 Å². The average molecular weight is 240 g/mol. The number of carbonyl (C=O) groups excluding carboxylic acids is 1. The number of ketones is 1. The van der Waals surface area contributed by atoms with Gasteiger partial charge in [0.05, 0.1) is 12.2 Å². The molecule has 2 unspecified atom stereocenters. The van der Waals surface area contributed by atoms with Crippen LogP contribution < -0.4 is 0 Å². The van der Waals surface area contributed by atoms with Gasteiger partial charge in [-0.2, -0.15) is 0 Å². The van der Waals surface area contributed by atoms with Gasteiger partial charge >= 0.3 is 0 Å². The zero-order valence-corrected chi connectivity index (χ0v) is 11.3. The van der Waals surface area contributed by atoms with E-state index in [1.807, 2.05) is 27.7 Å². The SMILES string of the molecule is CC1(C)CC2(CC(C)(C)C1=O)C(O)CCC2O. The van der Waals surface area contributed by atoms with Crippen molar-refractivity contribution in [2.75, 3.05) is 0 Å². The maximum Gasteiger partial charge on any atom is 0.144 e. The second kappa shape index (κ2) is 3.55. The monoisotopic (exact) mass is 240 g/mol. The summed E-state index contributed by atoms with van der Waals surface area (Å²) in [6, 6.07) is 0. The van der Waals surface area contributed by atoms with Gasteiger partial charge in [0.15, 0.2) is 0 Å². The third kappa shape index (κ3) is 1.75. The van der Waals surface area contributed by atoms with Gasteiger partial charge in [0.1, 0.15) is 5.78 Å². The maximum absolute atomic E-state index is 12.4. The van der Waals surface area contributed by atoms with E-state index < -0.39 is 28.5 Å². The largest absolute Gasteiger partial charge is 0.392 e. The lowest BCUT2D eigenvalue weighted by Crippen LogP contribution is -2.55. The Morgan fingerprint density at radius 2 is 1.29 bits per heavy atom. The fraction of sp³-hybridized carbons (Fsp3) is 0.929. The van der Waals surface area contributed by atoms with E-state index in [1.165, 1.54) is 0 Å². The Labute approximate surface area is 103 Å². The van der Waals surface area contributed by atoms with Gasteiger partial charge in [-0.1, -0.05) is 27.7 Å². The van der Waals surface area contributed by atoms with Crippen LogP contribution in [0.3, 0.4) is 0 Å². The first-order valence-electron chi connectivity index (χ1n) is 6.53. The number of aliphatic hydroxyl groups is 2. The van der Waals surface area contributed by atoms with Crippen molar-refractivity contribution in [3.8, 4) is 0 Å². The van der Waals surface area contributed by atoms with E-state index in [0.29, 0.717) is 25.7 Å². The minimum absolute atomic E-state index is 0.252. The Balaban J connectivity index is 2.42. The summed E-state index contributed by atoms with van der Waals surface area (Å²) in [4.78, 5) is 12.4. The minimum Gasteiger partial charge on any atom is -0.392 e. The lowest BCUT2D eigenvalue weighted by atomic mass is 9.52. The highest BCUT2D eigenvalue weighted by Gasteiger charge is 2.60. The fourth-order valence-corrected chi connectivity index (χ4v) is 4.37. The molecule has 0 amide bonds. The molecule has 0 saturated heterocycles. The fourth-order valence-electron chi connectivity index (χ4n) is 4.37. The number of aliphatic hydroxyl groups excluding tert-OH is 2. The molecule has 2 aliphatic rings. The van der Waals surface area contributed by atoms with Crippen LogP contribution in [0.25, 0.3) is 0 Å². The highest BCUT2D eigenvalue weighted by Crippen LogP contribution is 2.58. The molecule has 2 aliphatic carbocycles. The molecule has 2 fully saturated rings. The summed E-state index contributed by atoms with van der Waals surface area (Å²) in [5.74, 6) is 0.252. The minimum atomic E-state index is -0.471. The molecule has 0 aliphatic heterocycles. The van der Waals surface area contributed by atoms with Crippen LogP contribution in [-0.2, 0) is 4.79 Å². The number of carbonyl (C=O) groups is 1. The first kappa shape index (κ1) is 13.0. The van der Waals surface area contributed by atoms with Crippen molar-refractivity contribution < 1.29 is 15.0 Å². The standard InChI is InChI=1S/C14H24O3/c1-12(2)7-14(8-13(3,4)11(12)17)9(15)5-6-10(14)16/h9-10,15-16H,5-8H2,1-4H3. The van der Waals surface area contributed by atoms with Crippen LogP contribution in [0, 0.1) is 16.2 Å². The van der Waals surface area contributed by atoms with Crippen LogP contribution in [-0.4, -0.2) is 28.2 Å². The summed E-state index contributed by atoms with van der Waals surface area (Å²) in [5.41, 5.74) is -1.37. The van der Waals surface area contributed by atoms with Crippen LogP contribution in [0.5, 0.6) is 0 Å². The van der Waals surface area contributed by atoms with Crippen LogP contribution in [0.1, 0.15) is 53.4 Å². The lowest BCUT2D eigenvalue weighted by Gasteiger charge is -2.52. The number of hydrogen-bond donors (Lipinski definition) is 2. The van der Waals surface area contributed by atoms with E-state index in [9.17, 15) is 15.0 Å². The van der Waals surface area contributed by atoms with Crippen molar-refractivity contribution in [1.29, 1.82) is 0 Å². The van der Waals surface area contributed by atoms with Gasteiger partial charge in [0.25, 0.3) is 0 Å². The van der Waals surface area contributed by atoms with Gasteiger partial charge in [0, 0.05) is 16.2 Å². The van der Waals surface area contributed by atoms with E-state index in [2.05, 4.69) is 0 Å². The molecule has 0 aromatic heterocycles. The molecule has 1 spiro atoms. The van der Waals surface area contributed by atoms with E-state index in [1.54, 1.807) is 0 Å². The molecular weight excluding hydrogens is 216 g/mol. The summed E-state index contributed by atoms with van der Waals surface area (Å²) in [6.45, 7) is 7.76. The van der Waals surface area contributed by atoms with Gasteiger partial charge in [-0.3, -0.25) is 4.79 Å². The molecule has 0 radical (unpaired) electrons. The second-order valence-corrected chi connectivity index (χ2v) is 7.29. The zero-order chi connectivity index (χ0) is 13.1. The second-order valence-electron chi connectivity index (χ2n) is 7.29. The Kier molecular flexibility index (Phi) is 2.72. The number of Topliss-reactive ketones (excluding diaryl/α,β-unsaturated/α-hetero) is 1. The quantitative estimate of drug-likeness (QED) is 0.680. The van der Waals surface area contributed by atoms with Crippen LogP contribution in [0.4, 0.5) is 0 Å². The predicted molar refractivity (Wildman–Crippen MR) is 65.5 cm³/mol. The van der Waals surface area contributed by atoms with Gasteiger partial charge in [-0.25, -0.2) is 0 Å². The van der Waals surface area contributed by atoms with Crippen molar-refractivity contribution in [2.24, 2.45) is 16.2 Å². The zero-order valence-electron chi connectivity index (χ0n) is 11.3. The van der Waals surface area contributed by atoms with E-state index in [-0.39, 0.29) is 5.78 Å². The van der Waals surface area contributed by atoms with E-state index in [0.717, 1.165) is 0 Å². The van der Waals surface area contributed by atoms with Crippen molar-refractivity contribution in [3.63, 3.8) is 0 Å². The maximum atomic E-state index is 12.4. The van der Waals surface area contributed by atoms with Crippen molar-refractivity contribution in [3.05, 3.63) is 0 Å². The Bertz CT molecular complexity index is 311. The highest BCUT2D eigenvalue weighted by molar-refractivity contribution is 5.90. The van der Waals surface area contributed by atoms with E-state index >= 15 is 0 Å². The molecule has 98 valence electrons. The molecule has 3 nitrogen and oxygen atoms in total. The molecule has 2 rings (SSSR count). The average Bonchev–Trinajstić information content (AvgIpc) is 2.42. The van der Waals surface area contributed by atoms with Crippen molar-refractivity contribution in [1.82, 2.24) is 0 Å².